The van der Waals surface area contributed by atoms with Crippen molar-refractivity contribution in [3.05, 3.63) is 31.6 Å². The molecule has 0 saturated carbocycles. The van der Waals surface area contributed by atoms with Gasteiger partial charge in [0.05, 0.1) is 17.7 Å². The first-order valence-electron chi connectivity index (χ1n) is 5.39. The minimum absolute atomic E-state index is 0.119. The molecule has 1 rings (SSSR count). The predicted octanol–water partition coefficient (Wildman–Crippen LogP) is 1.18. The van der Waals surface area contributed by atoms with Gasteiger partial charge >= 0.3 is 5.69 Å². The second-order valence-electron chi connectivity index (χ2n) is 4.43. The van der Waals surface area contributed by atoms with Gasteiger partial charge in [0.2, 0.25) is 0 Å². The lowest BCUT2D eigenvalue weighted by atomic mass is 10.1. The standard InChI is InChI=1S/C11H17ClN2O3/c1-5-7-8(12)13-10(16)14(9(7)15)6-11(2,3)17-4/h5-6H2,1-4H3,(H,13,16). The van der Waals surface area contributed by atoms with Crippen LogP contribution in [0, 0.1) is 0 Å². The third kappa shape index (κ3) is 2.98. The highest BCUT2D eigenvalue weighted by atomic mass is 35.5. The quantitative estimate of drug-likeness (QED) is 0.827. The molecule has 17 heavy (non-hydrogen) atoms. The van der Waals surface area contributed by atoms with Crippen LogP contribution in [0.25, 0.3) is 0 Å². The average Bonchev–Trinajstić information content (AvgIpc) is 2.25. The number of methoxy groups -OCH3 is 1. The van der Waals surface area contributed by atoms with E-state index in [0.29, 0.717) is 12.0 Å². The number of ether oxygens (including phenoxy) is 1. The van der Waals surface area contributed by atoms with Crippen molar-refractivity contribution in [2.45, 2.75) is 39.3 Å². The molecule has 5 nitrogen and oxygen atoms in total. The van der Waals surface area contributed by atoms with E-state index >= 15 is 0 Å². The Morgan fingerprint density at radius 3 is 2.47 bits per heavy atom. The molecule has 0 atom stereocenters. The zero-order valence-electron chi connectivity index (χ0n) is 10.5. The molecule has 1 aromatic rings. The molecule has 0 aliphatic heterocycles. The third-order valence-electron chi connectivity index (χ3n) is 2.68. The summed E-state index contributed by atoms with van der Waals surface area (Å²) in [5.74, 6) is 0. The Kier molecular flexibility index (Phi) is 4.16. The highest BCUT2D eigenvalue weighted by Crippen LogP contribution is 2.10. The van der Waals surface area contributed by atoms with E-state index in [1.807, 2.05) is 6.92 Å². The van der Waals surface area contributed by atoms with Crippen LogP contribution in [0.15, 0.2) is 9.59 Å². The summed E-state index contributed by atoms with van der Waals surface area (Å²) in [6.07, 6.45) is 0.474. The number of rotatable bonds is 4. The number of halogens is 1. The molecule has 96 valence electrons. The monoisotopic (exact) mass is 260 g/mol. The molecule has 0 radical (unpaired) electrons. The lowest BCUT2D eigenvalue weighted by molar-refractivity contribution is 0.00631. The van der Waals surface area contributed by atoms with Gasteiger partial charge in [-0.25, -0.2) is 4.79 Å². The minimum Gasteiger partial charge on any atom is -0.377 e. The zero-order valence-corrected chi connectivity index (χ0v) is 11.2. The Hall–Kier alpha value is -1.07. The molecule has 0 aliphatic carbocycles. The van der Waals surface area contributed by atoms with Gasteiger partial charge in [0.25, 0.3) is 5.56 Å². The smallest absolute Gasteiger partial charge is 0.329 e. The fourth-order valence-electron chi connectivity index (χ4n) is 1.48. The average molecular weight is 261 g/mol. The Balaban J connectivity index is 3.36. The zero-order chi connectivity index (χ0) is 13.2. The van der Waals surface area contributed by atoms with Crippen LogP contribution in [0.5, 0.6) is 0 Å². The molecule has 0 saturated heterocycles. The second-order valence-corrected chi connectivity index (χ2v) is 4.81. The van der Waals surface area contributed by atoms with Crippen molar-refractivity contribution in [1.82, 2.24) is 9.55 Å². The lowest BCUT2D eigenvalue weighted by Gasteiger charge is -2.23. The van der Waals surface area contributed by atoms with Crippen LogP contribution in [-0.4, -0.2) is 22.3 Å². The van der Waals surface area contributed by atoms with E-state index in [4.69, 9.17) is 16.3 Å². The first-order valence-corrected chi connectivity index (χ1v) is 5.77. The molecule has 0 unspecified atom stereocenters. The van der Waals surface area contributed by atoms with E-state index in [1.165, 1.54) is 7.11 Å². The number of H-pyrrole nitrogens is 1. The molecule has 1 heterocycles. The topological polar surface area (TPSA) is 64.1 Å². The van der Waals surface area contributed by atoms with Crippen molar-refractivity contribution in [2.75, 3.05) is 7.11 Å². The molecule has 0 aliphatic rings. The summed E-state index contributed by atoms with van der Waals surface area (Å²) in [7, 11) is 1.54. The van der Waals surface area contributed by atoms with Gasteiger partial charge in [0.1, 0.15) is 5.15 Å². The Bertz CT molecular complexity index is 516. The van der Waals surface area contributed by atoms with Crippen LogP contribution >= 0.6 is 11.6 Å². The molecule has 0 fully saturated rings. The van der Waals surface area contributed by atoms with Crippen LogP contribution in [-0.2, 0) is 17.7 Å². The van der Waals surface area contributed by atoms with Crippen LogP contribution in [0.4, 0.5) is 0 Å². The second kappa shape index (κ2) is 5.06. The van der Waals surface area contributed by atoms with E-state index in [-0.39, 0.29) is 17.3 Å². The van der Waals surface area contributed by atoms with Gasteiger partial charge in [-0.1, -0.05) is 18.5 Å². The Morgan fingerprint density at radius 2 is 2.00 bits per heavy atom. The summed E-state index contributed by atoms with van der Waals surface area (Å²) < 4.78 is 6.33. The van der Waals surface area contributed by atoms with Crippen molar-refractivity contribution >= 4 is 11.6 Å². The highest BCUT2D eigenvalue weighted by Gasteiger charge is 2.21. The van der Waals surface area contributed by atoms with Crippen molar-refractivity contribution < 1.29 is 4.74 Å². The third-order valence-corrected chi connectivity index (χ3v) is 3.00. The van der Waals surface area contributed by atoms with Gasteiger partial charge < -0.3 is 4.74 Å². The van der Waals surface area contributed by atoms with Crippen LogP contribution < -0.4 is 11.2 Å². The molecular weight excluding hydrogens is 244 g/mol. The molecule has 0 spiro atoms. The molecule has 1 aromatic heterocycles. The van der Waals surface area contributed by atoms with Crippen molar-refractivity contribution in [3.63, 3.8) is 0 Å². The molecule has 6 heteroatoms. The summed E-state index contributed by atoms with van der Waals surface area (Å²) in [4.78, 5) is 26.2. The van der Waals surface area contributed by atoms with E-state index in [9.17, 15) is 9.59 Å². The van der Waals surface area contributed by atoms with E-state index < -0.39 is 11.3 Å². The maximum Gasteiger partial charge on any atom is 0.329 e. The molecule has 0 amide bonds. The maximum absolute atomic E-state index is 12.0. The fourth-order valence-corrected chi connectivity index (χ4v) is 1.78. The first kappa shape index (κ1) is 14.0. The summed E-state index contributed by atoms with van der Waals surface area (Å²) in [6, 6.07) is 0. The van der Waals surface area contributed by atoms with Gasteiger partial charge in [0, 0.05) is 7.11 Å². The van der Waals surface area contributed by atoms with Crippen molar-refractivity contribution in [1.29, 1.82) is 0 Å². The summed E-state index contributed by atoms with van der Waals surface area (Å²) in [5, 5.41) is 0.119. The largest absolute Gasteiger partial charge is 0.377 e. The summed E-state index contributed by atoms with van der Waals surface area (Å²) in [5.41, 5.74) is -1.04. The number of nitrogens with zero attached hydrogens (tertiary/aromatic N) is 1. The van der Waals surface area contributed by atoms with Gasteiger partial charge in [-0.2, -0.15) is 0 Å². The van der Waals surface area contributed by atoms with Crippen molar-refractivity contribution in [2.24, 2.45) is 0 Å². The van der Waals surface area contributed by atoms with Crippen LogP contribution in [0.1, 0.15) is 26.3 Å². The minimum atomic E-state index is -0.588. The molecule has 0 bridgehead atoms. The van der Waals surface area contributed by atoms with Crippen LogP contribution in [0.2, 0.25) is 5.15 Å². The Morgan fingerprint density at radius 1 is 1.41 bits per heavy atom. The van der Waals surface area contributed by atoms with Crippen LogP contribution in [0.3, 0.4) is 0 Å². The maximum atomic E-state index is 12.0. The summed E-state index contributed by atoms with van der Waals surface area (Å²) >= 11 is 5.81. The highest BCUT2D eigenvalue weighted by molar-refractivity contribution is 6.30. The van der Waals surface area contributed by atoms with E-state index in [1.54, 1.807) is 13.8 Å². The first-order chi connectivity index (χ1) is 7.82. The SMILES string of the molecule is CCc1c(Cl)[nH]c(=O)n(CC(C)(C)OC)c1=O. The molecule has 1 N–H and O–H groups in total. The Labute approximate surface area is 104 Å². The number of aromatic nitrogens is 2. The molecule has 0 aromatic carbocycles. The number of aromatic amines is 1. The van der Waals surface area contributed by atoms with Crippen molar-refractivity contribution in [3.8, 4) is 0 Å². The number of nitrogens with one attached hydrogen (secondary N) is 1. The molecular formula is C11H17ClN2O3. The van der Waals surface area contributed by atoms with Gasteiger partial charge in [0.15, 0.2) is 0 Å². The predicted molar refractivity (Wildman–Crippen MR) is 66.8 cm³/mol. The van der Waals surface area contributed by atoms with E-state index in [2.05, 4.69) is 4.98 Å². The number of hydrogen-bond donors (Lipinski definition) is 1. The van der Waals surface area contributed by atoms with Gasteiger partial charge in [-0.15, -0.1) is 0 Å². The van der Waals surface area contributed by atoms with Gasteiger partial charge in [-0.3, -0.25) is 14.3 Å². The fraction of sp³-hybridized carbons (Fsp3) is 0.636. The lowest BCUT2D eigenvalue weighted by Crippen LogP contribution is -2.43. The van der Waals surface area contributed by atoms with Gasteiger partial charge in [-0.05, 0) is 20.3 Å². The van der Waals surface area contributed by atoms with E-state index in [0.717, 1.165) is 4.57 Å². The normalized spacial score (nSPS) is 11.8. The number of hydrogen-bond acceptors (Lipinski definition) is 3. The summed E-state index contributed by atoms with van der Waals surface area (Å²) in [6.45, 7) is 5.60.